The molecule has 1 amide bonds. The van der Waals surface area contributed by atoms with Crippen LogP contribution in [0.25, 0.3) is 0 Å². The van der Waals surface area contributed by atoms with Crippen molar-refractivity contribution in [2.45, 2.75) is 31.7 Å². The summed E-state index contributed by atoms with van der Waals surface area (Å²) < 4.78 is 5.08. The number of carbonyl (C=O) groups excluding carboxylic acids is 1. The molecule has 2 atom stereocenters. The summed E-state index contributed by atoms with van der Waals surface area (Å²) in [7, 11) is 1.56. The van der Waals surface area contributed by atoms with Crippen molar-refractivity contribution in [1.82, 2.24) is 0 Å². The van der Waals surface area contributed by atoms with E-state index in [2.05, 4.69) is 5.32 Å². The number of benzene rings is 1. The summed E-state index contributed by atoms with van der Waals surface area (Å²) in [5, 5.41) is 2.89. The van der Waals surface area contributed by atoms with E-state index in [1.165, 1.54) is 0 Å². The fourth-order valence-electron chi connectivity index (χ4n) is 2.52. The Morgan fingerprint density at radius 1 is 1.42 bits per heavy atom. The first-order valence-electron chi connectivity index (χ1n) is 6.60. The van der Waals surface area contributed by atoms with Crippen molar-refractivity contribution in [1.29, 1.82) is 0 Å². The number of rotatable bonds is 3. The van der Waals surface area contributed by atoms with Crippen LogP contribution >= 0.6 is 0 Å². The summed E-state index contributed by atoms with van der Waals surface area (Å²) in [6.45, 7) is 0. The van der Waals surface area contributed by atoms with Gasteiger partial charge in [0.1, 0.15) is 5.75 Å². The van der Waals surface area contributed by atoms with Gasteiger partial charge in [0.05, 0.1) is 12.8 Å². The standard InChI is InChI=1S/C14H21N3O2/c1-19-13-6-5-11(8-12(13)16)17-14(18)9-3-2-4-10(15)7-9/h5-6,8-10H,2-4,7,15-16H2,1H3,(H,17,18). The second-order valence-corrected chi connectivity index (χ2v) is 5.07. The predicted octanol–water partition coefficient (Wildman–Crippen LogP) is 1.73. The molecule has 0 aromatic heterocycles. The van der Waals surface area contributed by atoms with Gasteiger partial charge in [-0.15, -0.1) is 0 Å². The highest BCUT2D eigenvalue weighted by Crippen LogP contribution is 2.27. The van der Waals surface area contributed by atoms with Crippen molar-refractivity contribution in [3.05, 3.63) is 18.2 Å². The smallest absolute Gasteiger partial charge is 0.227 e. The SMILES string of the molecule is COc1ccc(NC(=O)C2CCCC(N)C2)cc1N. The summed E-state index contributed by atoms with van der Waals surface area (Å²) >= 11 is 0. The van der Waals surface area contributed by atoms with E-state index in [1.807, 2.05) is 0 Å². The van der Waals surface area contributed by atoms with E-state index >= 15 is 0 Å². The fraction of sp³-hybridized carbons (Fsp3) is 0.500. The molecule has 0 radical (unpaired) electrons. The van der Waals surface area contributed by atoms with E-state index in [-0.39, 0.29) is 17.9 Å². The Kier molecular flexibility index (Phi) is 4.27. The third-order valence-corrected chi connectivity index (χ3v) is 3.58. The Balaban J connectivity index is 2.00. The quantitative estimate of drug-likeness (QED) is 0.724. The number of anilines is 2. The molecule has 1 aromatic carbocycles. The molecule has 5 N–H and O–H groups in total. The molecular weight excluding hydrogens is 242 g/mol. The molecule has 0 heterocycles. The van der Waals surface area contributed by atoms with Crippen LogP contribution in [0.1, 0.15) is 25.7 Å². The van der Waals surface area contributed by atoms with Crippen LogP contribution in [0.5, 0.6) is 5.75 Å². The van der Waals surface area contributed by atoms with Gasteiger partial charge in [-0.1, -0.05) is 6.42 Å². The van der Waals surface area contributed by atoms with Gasteiger partial charge in [-0.25, -0.2) is 0 Å². The minimum atomic E-state index is 0.00655. The summed E-state index contributed by atoms with van der Waals surface area (Å²) in [6.07, 6.45) is 3.70. The van der Waals surface area contributed by atoms with E-state index in [0.29, 0.717) is 17.1 Å². The normalized spacial score (nSPS) is 22.8. The molecule has 1 aromatic rings. The maximum Gasteiger partial charge on any atom is 0.227 e. The van der Waals surface area contributed by atoms with Crippen LogP contribution in [0.15, 0.2) is 18.2 Å². The van der Waals surface area contributed by atoms with Crippen molar-refractivity contribution in [2.75, 3.05) is 18.2 Å². The Bertz CT molecular complexity index is 462. The van der Waals surface area contributed by atoms with Crippen molar-refractivity contribution in [3.63, 3.8) is 0 Å². The van der Waals surface area contributed by atoms with Gasteiger partial charge in [-0.3, -0.25) is 4.79 Å². The molecule has 2 rings (SSSR count). The third kappa shape index (κ3) is 3.38. The van der Waals surface area contributed by atoms with Gasteiger partial charge in [-0.2, -0.15) is 0 Å². The highest BCUT2D eigenvalue weighted by molar-refractivity contribution is 5.93. The Labute approximate surface area is 113 Å². The molecule has 5 nitrogen and oxygen atoms in total. The molecule has 0 spiro atoms. The lowest BCUT2D eigenvalue weighted by Crippen LogP contribution is -2.34. The number of nitrogen functional groups attached to an aromatic ring is 1. The first kappa shape index (κ1) is 13.7. The minimum Gasteiger partial charge on any atom is -0.495 e. The summed E-state index contributed by atoms with van der Waals surface area (Å²) in [5.74, 6) is 0.643. The molecule has 104 valence electrons. The number of hydrogen-bond acceptors (Lipinski definition) is 4. The van der Waals surface area contributed by atoms with E-state index in [1.54, 1.807) is 25.3 Å². The van der Waals surface area contributed by atoms with Gasteiger partial charge < -0.3 is 21.5 Å². The van der Waals surface area contributed by atoms with Gasteiger partial charge in [0, 0.05) is 17.6 Å². The van der Waals surface area contributed by atoms with Crippen LogP contribution in [0.4, 0.5) is 11.4 Å². The lowest BCUT2D eigenvalue weighted by atomic mass is 9.85. The van der Waals surface area contributed by atoms with E-state index in [0.717, 1.165) is 25.7 Å². The number of amides is 1. The fourth-order valence-corrected chi connectivity index (χ4v) is 2.52. The second-order valence-electron chi connectivity index (χ2n) is 5.07. The molecular formula is C14H21N3O2. The van der Waals surface area contributed by atoms with Gasteiger partial charge in [0.25, 0.3) is 0 Å². The first-order valence-corrected chi connectivity index (χ1v) is 6.60. The lowest BCUT2D eigenvalue weighted by Gasteiger charge is -2.25. The van der Waals surface area contributed by atoms with Crippen LogP contribution < -0.4 is 21.5 Å². The highest BCUT2D eigenvalue weighted by Gasteiger charge is 2.25. The lowest BCUT2D eigenvalue weighted by molar-refractivity contribution is -0.120. The molecule has 1 aliphatic carbocycles. The zero-order valence-corrected chi connectivity index (χ0v) is 11.2. The van der Waals surface area contributed by atoms with Crippen molar-refractivity contribution in [3.8, 4) is 5.75 Å². The van der Waals surface area contributed by atoms with Gasteiger partial charge in [0.2, 0.25) is 5.91 Å². The van der Waals surface area contributed by atoms with E-state index in [4.69, 9.17) is 16.2 Å². The highest BCUT2D eigenvalue weighted by atomic mass is 16.5. The van der Waals surface area contributed by atoms with Gasteiger partial charge in [-0.05, 0) is 37.5 Å². The number of nitrogens with one attached hydrogen (secondary N) is 1. The monoisotopic (exact) mass is 263 g/mol. The number of carbonyl (C=O) groups is 1. The van der Waals surface area contributed by atoms with Crippen LogP contribution in [-0.2, 0) is 4.79 Å². The molecule has 2 unspecified atom stereocenters. The van der Waals surface area contributed by atoms with E-state index < -0.39 is 0 Å². The zero-order chi connectivity index (χ0) is 13.8. The molecule has 0 aliphatic heterocycles. The summed E-state index contributed by atoms with van der Waals surface area (Å²) in [6, 6.07) is 5.39. The average molecular weight is 263 g/mol. The number of ether oxygens (including phenoxy) is 1. The molecule has 19 heavy (non-hydrogen) atoms. The zero-order valence-electron chi connectivity index (χ0n) is 11.2. The third-order valence-electron chi connectivity index (χ3n) is 3.58. The molecule has 1 fully saturated rings. The maximum absolute atomic E-state index is 12.1. The van der Waals surface area contributed by atoms with Crippen LogP contribution in [0.2, 0.25) is 0 Å². The van der Waals surface area contributed by atoms with Gasteiger partial charge in [0.15, 0.2) is 0 Å². The summed E-state index contributed by atoms with van der Waals surface area (Å²) in [5.41, 5.74) is 12.9. The van der Waals surface area contributed by atoms with Gasteiger partial charge >= 0.3 is 0 Å². The van der Waals surface area contributed by atoms with Crippen LogP contribution in [-0.4, -0.2) is 19.1 Å². The molecule has 1 aliphatic rings. The topological polar surface area (TPSA) is 90.4 Å². The Morgan fingerprint density at radius 3 is 2.84 bits per heavy atom. The molecule has 0 bridgehead atoms. The van der Waals surface area contributed by atoms with E-state index in [9.17, 15) is 4.79 Å². The van der Waals surface area contributed by atoms with Crippen molar-refractivity contribution >= 4 is 17.3 Å². The Morgan fingerprint density at radius 2 is 2.21 bits per heavy atom. The average Bonchev–Trinajstić information content (AvgIpc) is 2.39. The largest absolute Gasteiger partial charge is 0.495 e. The second kappa shape index (κ2) is 5.93. The summed E-state index contributed by atoms with van der Waals surface area (Å²) in [4.78, 5) is 12.1. The molecule has 0 saturated heterocycles. The number of hydrogen-bond donors (Lipinski definition) is 3. The first-order chi connectivity index (χ1) is 9.10. The Hall–Kier alpha value is -1.75. The van der Waals surface area contributed by atoms with Crippen molar-refractivity contribution < 1.29 is 9.53 Å². The molecule has 1 saturated carbocycles. The predicted molar refractivity (Wildman–Crippen MR) is 76.0 cm³/mol. The molecule has 5 heteroatoms. The minimum absolute atomic E-state index is 0.00655. The van der Waals surface area contributed by atoms with Crippen LogP contribution in [0.3, 0.4) is 0 Å². The maximum atomic E-state index is 12.1. The van der Waals surface area contributed by atoms with Crippen LogP contribution in [0, 0.1) is 5.92 Å². The number of nitrogens with two attached hydrogens (primary N) is 2. The number of methoxy groups -OCH3 is 1. The van der Waals surface area contributed by atoms with Crippen molar-refractivity contribution in [2.24, 2.45) is 11.7 Å².